The summed E-state index contributed by atoms with van der Waals surface area (Å²) in [7, 11) is 1.82. The Bertz CT molecular complexity index is 370. The zero-order chi connectivity index (χ0) is 12.1. The molecule has 1 aromatic rings. The molecule has 0 bridgehead atoms. The lowest BCUT2D eigenvalue weighted by Crippen LogP contribution is -2.37. The fourth-order valence-electron chi connectivity index (χ4n) is 1.56. The fraction of sp³-hybridized carbons (Fsp3) is 0.700. The number of hydrogen-bond donors (Lipinski definition) is 1. The van der Waals surface area contributed by atoms with Gasteiger partial charge in [0, 0.05) is 20.1 Å². The Morgan fingerprint density at radius 2 is 2.06 bits per heavy atom. The van der Waals surface area contributed by atoms with Crippen molar-refractivity contribution >= 4 is 23.7 Å². The summed E-state index contributed by atoms with van der Waals surface area (Å²) in [5.41, 5.74) is 0. The molecule has 0 radical (unpaired) electrons. The van der Waals surface area contributed by atoms with Gasteiger partial charge in [-0.2, -0.15) is 15.0 Å². The van der Waals surface area contributed by atoms with Crippen molar-refractivity contribution in [2.45, 2.75) is 12.1 Å². The Morgan fingerprint density at radius 3 is 2.71 bits per heavy atom. The van der Waals surface area contributed by atoms with E-state index in [1.807, 2.05) is 7.05 Å². The van der Waals surface area contributed by atoms with Crippen LogP contribution in [0.3, 0.4) is 0 Å². The third kappa shape index (κ3) is 3.19. The minimum Gasteiger partial charge on any atom is -0.378 e. The number of nitrogens with zero attached hydrogens (tertiary/aromatic N) is 4. The lowest BCUT2D eigenvalue weighted by atomic mass is 10.4. The van der Waals surface area contributed by atoms with Gasteiger partial charge in [-0.1, -0.05) is 18.7 Å². The second-order valence-electron chi connectivity index (χ2n) is 3.52. The third-order valence-electron chi connectivity index (χ3n) is 2.39. The average molecular weight is 255 g/mol. The summed E-state index contributed by atoms with van der Waals surface area (Å²) in [6, 6.07) is 0. The van der Waals surface area contributed by atoms with Crippen LogP contribution in [0.1, 0.15) is 6.92 Å². The predicted molar refractivity (Wildman–Crippen MR) is 68.8 cm³/mol. The molecule has 0 aromatic carbocycles. The molecule has 1 aliphatic rings. The molecule has 1 fully saturated rings. The molecule has 17 heavy (non-hydrogen) atoms. The normalized spacial score (nSPS) is 16.0. The molecule has 2 rings (SSSR count). The molecule has 94 valence electrons. The monoisotopic (exact) mass is 255 g/mol. The maximum Gasteiger partial charge on any atom is 0.231 e. The van der Waals surface area contributed by atoms with E-state index in [1.54, 1.807) is 11.8 Å². The highest BCUT2D eigenvalue weighted by Crippen LogP contribution is 2.18. The summed E-state index contributed by atoms with van der Waals surface area (Å²) in [6.07, 6.45) is 0. The van der Waals surface area contributed by atoms with Gasteiger partial charge in [0.2, 0.25) is 11.9 Å². The van der Waals surface area contributed by atoms with Gasteiger partial charge in [-0.15, -0.1) is 0 Å². The highest BCUT2D eigenvalue weighted by atomic mass is 32.2. The number of hydrogen-bond acceptors (Lipinski definition) is 7. The first-order valence-electron chi connectivity index (χ1n) is 5.72. The maximum absolute atomic E-state index is 5.32. The molecular weight excluding hydrogens is 238 g/mol. The first-order chi connectivity index (χ1) is 8.33. The van der Waals surface area contributed by atoms with E-state index in [0.29, 0.717) is 5.95 Å². The molecule has 1 N–H and O–H groups in total. The summed E-state index contributed by atoms with van der Waals surface area (Å²) in [6.45, 7) is 5.22. The van der Waals surface area contributed by atoms with Crippen LogP contribution >= 0.6 is 11.8 Å². The van der Waals surface area contributed by atoms with Crippen LogP contribution in [-0.2, 0) is 4.74 Å². The van der Waals surface area contributed by atoms with Crippen molar-refractivity contribution in [3.8, 4) is 0 Å². The van der Waals surface area contributed by atoms with Crippen LogP contribution in [0.25, 0.3) is 0 Å². The van der Waals surface area contributed by atoms with Gasteiger partial charge in [0.15, 0.2) is 5.16 Å². The zero-order valence-corrected chi connectivity index (χ0v) is 11.0. The maximum atomic E-state index is 5.32. The van der Waals surface area contributed by atoms with E-state index < -0.39 is 0 Å². The molecule has 0 unspecified atom stereocenters. The summed E-state index contributed by atoms with van der Waals surface area (Å²) in [5.74, 6) is 2.32. The third-order valence-corrected chi connectivity index (χ3v) is 3.12. The van der Waals surface area contributed by atoms with Crippen LogP contribution in [0.15, 0.2) is 5.16 Å². The fourth-order valence-corrected chi connectivity index (χ4v) is 2.11. The Morgan fingerprint density at radius 1 is 1.29 bits per heavy atom. The van der Waals surface area contributed by atoms with Gasteiger partial charge >= 0.3 is 0 Å². The average Bonchev–Trinajstić information content (AvgIpc) is 2.40. The van der Waals surface area contributed by atoms with Crippen LogP contribution in [0.2, 0.25) is 0 Å². The van der Waals surface area contributed by atoms with Gasteiger partial charge in [-0.05, 0) is 5.75 Å². The van der Waals surface area contributed by atoms with E-state index in [4.69, 9.17) is 4.74 Å². The van der Waals surface area contributed by atoms with Crippen LogP contribution in [-0.4, -0.2) is 54.1 Å². The van der Waals surface area contributed by atoms with Gasteiger partial charge in [0.1, 0.15) is 0 Å². The summed E-state index contributed by atoms with van der Waals surface area (Å²) < 4.78 is 5.32. The first-order valence-corrected chi connectivity index (χ1v) is 6.71. The van der Waals surface area contributed by atoms with Crippen molar-refractivity contribution in [1.29, 1.82) is 0 Å². The highest BCUT2D eigenvalue weighted by molar-refractivity contribution is 7.99. The second-order valence-corrected chi connectivity index (χ2v) is 4.76. The van der Waals surface area contributed by atoms with Crippen LogP contribution in [0.4, 0.5) is 11.9 Å². The Hall–Kier alpha value is -1.08. The molecule has 0 atom stereocenters. The quantitative estimate of drug-likeness (QED) is 0.801. The van der Waals surface area contributed by atoms with E-state index in [1.165, 1.54) is 0 Å². The van der Waals surface area contributed by atoms with Crippen molar-refractivity contribution in [3.05, 3.63) is 0 Å². The van der Waals surface area contributed by atoms with Gasteiger partial charge in [-0.3, -0.25) is 0 Å². The molecule has 6 nitrogen and oxygen atoms in total. The first kappa shape index (κ1) is 12.4. The van der Waals surface area contributed by atoms with Crippen molar-refractivity contribution in [1.82, 2.24) is 15.0 Å². The van der Waals surface area contributed by atoms with Crippen molar-refractivity contribution in [2.24, 2.45) is 0 Å². The van der Waals surface area contributed by atoms with Gasteiger partial charge in [-0.25, -0.2) is 0 Å². The molecule has 0 saturated carbocycles. The zero-order valence-electron chi connectivity index (χ0n) is 10.1. The topological polar surface area (TPSA) is 63.2 Å². The van der Waals surface area contributed by atoms with Crippen LogP contribution < -0.4 is 10.2 Å². The molecule has 1 aromatic heterocycles. The number of rotatable bonds is 4. The van der Waals surface area contributed by atoms with Gasteiger partial charge in [0.05, 0.1) is 13.2 Å². The number of nitrogens with one attached hydrogen (secondary N) is 1. The Balaban J connectivity index is 2.21. The van der Waals surface area contributed by atoms with E-state index >= 15 is 0 Å². The number of ether oxygens (including phenoxy) is 1. The molecular formula is C10H17N5OS. The summed E-state index contributed by atoms with van der Waals surface area (Å²) in [4.78, 5) is 15.3. The second kappa shape index (κ2) is 6.02. The Kier molecular flexibility index (Phi) is 4.38. The van der Waals surface area contributed by atoms with Gasteiger partial charge in [0.25, 0.3) is 0 Å². The van der Waals surface area contributed by atoms with Crippen LogP contribution in [0.5, 0.6) is 0 Å². The molecule has 0 aliphatic carbocycles. The number of morpholine rings is 1. The lowest BCUT2D eigenvalue weighted by Gasteiger charge is -2.26. The summed E-state index contributed by atoms with van der Waals surface area (Å²) in [5, 5.41) is 3.74. The molecule has 1 saturated heterocycles. The van der Waals surface area contributed by atoms with E-state index in [-0.39, 0.29) is 0 Å². The molecule has 1 aliphatic heterocycles. The highest BCUT2D eigenvalue weighted by Gasteiger charge is 2.16. The number of thioether (sulfide) groups is 1. The molecule has 7 heteroatoms. The molecule has 0 spiro atoms. The largest absolute Gasteiger partial charge is 0.378 e. The minimum absolute atomic E-state index is 0.623. The SMILES string of the molecule is CCSc1nc(NC)nc(N2CCOCC2)n1. The molecule has 2 heterocycles. The van der Waals surface area contributed by atoms with E-state index in [2.05, 4.69) is 32.1 Å². The molecule has 0 amide bonds. The van der Waals surface area contributed by atoms with Crippen molar-refractivity contribution in [3.63, 3.8) is 0 Å². The summed E-state index contributed by atoms with van der Waals surface area (Å²) >= 11 is 1.62. The van der Waals surface area contributed by atoms with Crippen LogP contribution in [0, 0.1) is 0 Å². The number of anilines is 2. The minimum atomic E-state index is 0.623. The van der Waals surface area contributed by atoms with Gasteiger partial charge < -0.3 is 15.0 Å². The number of aromatic nitrogens is 3. The predicted octanol–water partition coefficient (Wildman–Crippen LogP) is 0.862. The van der Waals surface area contributed by atoms with Crippen molar-refractivity contribution < 1.29 is 4.74 Å². The smallest absolute Gasteiger partial charge is 0.231 e. The van der Waals surface area contributed by atoms with E-state index in [9.17, 15) is 0 Å². The van der Waals surface area contributed by atoms with Crippen molar-refractivity contribution in [2.75, 3.05) is 49.3 Å². The van der Waals surface area contributed by atoms with E-state index in [0.717, 1.165) is 43.2 Å². The Labute approximate surface area is 105 Å². The standard InChI is InChI=1S/C10H17N5OS/c1-3-17-10-13-8(11-2)12-9(14-10)15-4-6-16-7-5-15/h3-7H2,1-2H3,(H,11,12,13,14). The lowest BCUT2D eigenvalue weighted by molar-refractivity contribution is 0.122.